The summed E-state index contributed by atoms with van der Waals surface area (Å²) < 4.78 is 1.79. The highest BCUT2D eigenvalue weighted by Crippen LogP contribution is 2.21. The number of unbranched alkanes of at least 4 members (excludes halogenated alkanes) is 5. The van der Waals surface area contributed by atoms with Crippen molar-refractivity contribution in [3.05, 3.63) is 32.7 Å². The molecule has 0 saturated heterocycles. The maximum Gasteiger partial charge on any atom is 0.252 e. The maximum atomic E-state index is 12.0. The summed E-state index contributed by atoms with van der Waals surface area (Å²) in [6.07, 6.45) is 7.42. The van der Waals surface area contributed by atoms with Crippen LogP contribution in [-0.4, -0.2) is 12.5 Å². The van der Waals surface area contributed by atoms with Crippen LogP contribution in [0, 0.1) is 0 Å². The smallest absolute Gasteiger partial charge is 0.252 e. The van der Waals surface area contributed by atoms with E-state index < -0.39 is 0 Å². The van der Waals surface area contributed by atoms with Crippen LogP contribution in [0.4, 0.5) is 0 Å². The Kier molecular flexibility index (Phi) is 8.38. The summed E-state index contributed by atoms with van der Waals surface area (Å²) in [5.41, 5.74) is 0.689. The number of rotatable bonds is 8. The van der Waals surface area contributed by atoms with E-state index in [1.54, 1.807) is 0 Å². The van der Waals surface area contributed by atoms with Crippen LogP contribution in [0.3, 0.4) is 0 Å². The molecule has 1 amide bonds. The van der Waals surface area contributed by atoms with Crippen molar-refractivity contribution >= 4 is 37.8 Å². The highest BCUT2D eigenvalue weighted by molar-refractivity contribution is 9.11. The first kappa shape index (κ1) is 16.7. The fraction of sp³-hybridized carbons (Fsp3) is 0.533. The molecular weight excluding hydrogens is 370 g/mol. The number of hydrogen-bond acceptors (Lipinski definition) is 1. The van der Waals surface area contributed by atoms with Crippen LogP contribution in [-0.2, 0) is 0 Å². The van der Waals surface area contributed by atoms with Crippen molar-refractivity contribution in [3.63, 3.8) is 0 Å². The van der Waals surface area contributed by atoms with Gasteiger partial charge in [-0.2, -0.15) is 0 Å². The van der Waals surface area contributed by atoms with Crippen LogP contribution in [0.2, 0.25) is 0 Å². The average Bonchev–Trinajstić information content (AvgIpc) is 2.37. The second kappa shape index (κ2) is 9.54. The van der Waals surface area contributed by atoms with Crippen LogP contribution in [0.1, 0.15) is 55.8 Å². The zero-order chi connectivity index (χ0) is 14.1. The maximum absolute atomic E-state index is 12.0. The Hall–Kier alpha value is -0.350. The van der Waals surface area contributed by atoms with E-state index in [2.05, 4.69) is 44.1 Å². The van der Waals surface area contributed by atoms with Crippen molar-refractivity contribution in [1.29, 1.82) is 0 Å². The summed E-state index contributed by atoms with van der Waals surface area (Å²) in [7, 11) is 0. The minimum Gasteiger partial charge on any atom is -0.352 e. The van der Waals surface area contributed by atoms with E-state index in [1.165, 1.54) is 32.1 Å². The average molecular weight is 391 g/mol. The summed E-state index contributed by atoms with van der Waals surface area (Å²) >= 11 is 6.79. The molecule has 0 radical (unpaired) electrons. The monoisotopic (exact) mass is 389 g/mol. The van der Waals surface area contributed by atoms with Crippen molar-refractivity contribution in [2.75, 3.05) is 6.54 Å². The number of carbonyl (C=O) groups is 1. The molecule has 0 aliphatic carbocycles. The minimum atomic E-state index is -0.00654. The first-order valence-corrected chi connectivity index (χ1v) is 8.47. The lowest BCUT2D eigenvalue weighted by Crippen LogP contribution is -2.24. The number of benzene rings is 1. The van der Waals surface area contributed by atoms with Crippen molar-refractivity contribution < 1.29 is 4.79 Å². The lowest BCUT2D eigenvalue weighted by molar-refractivity contribution is 0.0952. The van der Waals surface area contributed by atoms with Crippen molar-refractivity contribution in [2.24, 2.45) is 0 Å². The molecule has 0 aromatic heterocycles. The lowest BCUT2D eigenvalue weighted by Gasteiger charge is -2.07. The van der Waals surface area contributed by atoms with E-state index in [0.29, 0.717) is 5.56 Å². The van der Waals surface area contributed by atoms with E-state index in [-0.39, 0.29) is 5.91 Å². The first-order valence-electron chi connectivity index (χ1n) is 6.88. The third-order valence-corrected chi connectivity index (χ3v) is 4.14. The van der Waals surface area contributed by atoms with Crippen molar-refractivity contribution in [2.45, 2.75) is 45.4 Å². The quantitative estimate of drug-likeness (QED) is 0.599. The van der Waals surface area contributed by atoms with E-state index in [1.807, 2.05) is 18.2 Å². The Morgan fingerprint density at radius 3 is 2.47 bits per heavy atom. The van der Waals surface area contributed by atoms with Gasteiger partial charge in [-0.3, -0.25) is 4.79 Å². The van der Waals surface area contributed by atoms with Crippen LogP contribution in [0.5, 0.6) is 0 Å². The van der Waals surface area contributed by atoms with Crippen molar-refractivity contribution in [1.82, 2.24) is 5.32 Å². The van der Waals surface area contributed by atoms with Gasteiger partial charge in [0.1, 0.15) is 0 Å². The summed E-state index contributed by atoms with van der Waals surface area (Å²) in [5, 5.41) is 2.97. The number of nitrogens with one attached hydrogen (secondary N) is 1. The topological polar surface area (TPSA) is 29.1 Å². The molecule has 1 rings (SSSR count). The molecule has 0 saturated carbocycles. The Morgan fingerprint density at radius 2 is 1.79 bits per heavy atom. The van der Waals surface area contributed by atoms with E-state index in [0.717, 1.165) is 21.9 Å². The van der Waals surface area contributed by atoms with Gasteiger partial charge in [0.15, 0.2) is 0 Å². The van der Waals surface area contributed by atoms with Crippen LogP contribution >= 0.6 is 31.9 Å². The molecule has 0 aliphatic heterocycles. The molecule has 0 unspecified atom stereocenters. The van der Waals surface area contributed by atoms with E-state index in [9.17, 15) is 4.79 Å². The molecule has 1 aromatic carbocycles. The Bertz CT molecular complexity index is 407. The summed E-state index contributed by atoms with van der Waals surface area (Å²) in [6, 6.07) is 5.59. The van der Waals surface area contributed by atoms with E-state index in [4.69, 9.17) is 0 Å². The molecule has 1 aromatic rings. The molecule has 4 heteroatoms. The summed E-state index contributed by atoms with van der Waals surface area (Å²) in [5.74, 6) is -0.00654. The Balaban J connectivity index is 2.24. The number of carbonyl (C=O) groups excluding carboxylic acids is 1. The Labute approximate surface area is 132 Å². The van der Waals surface area contributed by atoms with Crippen LogP contribution < -0.4 is 5.32 Å². The third-order valence-electron chi connectivity index (χ3n) is 2.99. The standard InChI is InChI=1S/C15H21Br2NO/c1-2-3-4-5-6-7-10-18-15(19)13-9-8-12(16)11-14(13)17/h8-9,11H,2-7,10H2,1H3,(H,18,19). The molecule has 106 valence electrons. The van der Waals surface area contributed by atoms with E-state index >= 15 is 0 Å². The van der Waals surface area contributed by atoms with Gasteiger partial charge in [0.05, 0.1) is 5.56 Å². The first-order chi connectivity index (χ1) is 9.15. The molecule has 0 heterocycles. The molecule has 0 fully saturated rings. The van der Waals surface area contributed by atoms with Gasteiger partial charge in [0, 0.05) is 15.5 Å². The van der Waals surface area contributed by atoms with Gasteiger partial charge in [-0.1, -0.05) is 55.0 Å². The minimum absolute atomic E-state index is 0.00654. The molecule has 0 bridgehead atoms. The fourth-order valence-corrected chi connectivity index (χ4v) is 3.10. The summed E-state index contributed by atoms with van der Waals surface area (Å²) in [6.45, 7) is 2.98. The van der Waals surface area contributed by atoms with Gasteiger partial charge in [-0.15, -0.1) is 0 Å². The van der Waals surface area contributed by atoms with Gasteiger partial charge < -0.3 is 5.32 Å². The molecule has 1 N–H and O–H groups in total. The van der Waals surface area contributed by atoms with Gasteiger partial charge in [0.25, 0.3) is 5.91 Å². The van der Waals surface area contributed by atoms with Gasteiger partial charge >= 0.3 is 0 Å². The normalized spacial score (nSPS) is 10.5. The fourth-order valence-electron chi connectivity index (χ4n) is 1.88. The second-order valence-electron chi connectivity index (χ2n) is 4.65. The zero-order valence-corrected chi connectivity index (χ0v) is 14.5. The third kappa shape index (κ3) is 6.57. The largest absolute Gasteiger partial charge is 0.352 e. The van der Waals surface area contributed by atoms with Crippen molar-refractivity contribution in [3.8, 4) is 0 Å². The molecule has 19 heavy (non-hydrogen) atoms. The lowest BCUT2D eigenvalue weighted by atomic mass is 10.1. The zero-order valence-electron chi connectivity index (χ0n) is 11.3. The second-order valence-corrected chi connectivity index (χ2v) is 6.42. The SMILES string of the molecule is CCCCCCCCNC(=O)c1ccc(Br)cc1Br. The predicted octanol–water partition coefficient (Wildman–Crippen LogP) is 5.30. The number of hydrogen-bond donors (Lipinski definition) is 1. The summed E-state index contributed by atoms with van der Waals surface area (Å²) in [4.78, 5) is 12.0. The number of halogens is 2. The van der Waals surface area contributed by atoms with Crippen LogP contribution in [0.15, 0.2) is 27.1 Å². The molecular formula is C15H21Br2NO. The molecule has 0 aliphatic rings. The number of amides is 1. The van der Waals surface area contributed by atoms with Gasteiger partial charge in [-0.25, -0.2) is 0 Å². The van der Waals surface area contributed by atoms with Gasteiger partial charge in [-0.05, 0) is 40.5 Å². The van der Waals surface area contributed by atoms with Gasteiger partial charge in [0.2, 0.25) is 0 Å². The highest BCUT2D eigenvalue weighted by Gasteiger charge is 2.09. The Morgan fingerprint density at radius 1 is 1.11 bits per heavy atom. The molecule has 0 atom stereocenters. The molecule has 2 nitrogen and oxygen atoms in total. The van der Waals surface area contributed by atoms with Crippen LogP contribution in [0.25, 0.3) is 0 Å². The molecule has 0 spiro atoms. The predicted molar refractivity (Wildman–Crippen MR) is 87.6 cm³/mol. The highest BCUT2D eigenvalue weighted by atomic mass is 79.9.